The quantitative estimate of drug-likeness (QED) is 0.371. The summed E-state index contributed by atoms with van der Waals surface area (Å²) in [7, 11) is 0. The molecule has 4 saturated carbocycles. The average molecular weight is 420 g/mol. The van der Waals surface area contributed by atoms with Crippen LogP contribution in [0.1, 0.15) is 47.5 Å². The molecule has 1 heteroatoms. The number of fused-ring (bicyclic) bond motifs is 5. The molecule has 2 bridgehead atoms. The van der Waals surface area contributed by atoms with Gasteiger partial charge in [0.25, 0.3) is 0 Å². The van der Waals surface area contributed by atoms with E-state index >= 15 is 0 Å². The molecule has 4 fully saturated rings. The van der Waals surface area contributed by atoms with E-state index in [4.69, 9.17) is 0 Å². The third-order valence-corrected chi connectivity index (χ3v) is 7.61. The van der Waals surface area contributed by atoms with E-state index in [0.717, 1.165) is 29.6 Å². The summed E-state index contributed by atoms with van der Waals surface area (Å²) in [4.78, 5) is 0. The number of hydrogen-bond donors (Lipinski definition) is 0. The maximum atomic E-state index is 2.49. The van der Waals surface area contributed by atoms with Gasteiger partial charge in [0.2, 0.25) is 0 Å². The van der Waals surface area contributed by atoms with Crippen LogP contribution in [0.25, 0.3) is 0 Å². The van der Waals surface area contributed by atoms with Gasteiger partial charge in [-0.25, -0.2) is 0 Å². The van der Waals surface area contributed by atoms with Crippen LogP contribution in [0.4, 0.5) is 0 Å². The fourth-order valence-electron chi connectivity index (χ4n) is 5.55. The summed E-state index contributed by atoms with van der Waals surface area (Å²) in [5, 5.41) is 0. The molecule has 0 aliphatic heterocycles. The Bertz CT molecular complexity index is 432. The molecule has 25 heavy (non-hydrogen) atoms. The Kier molecular flexibility index (Phi) is 6.25. The minimum absolute atomic E-state index is 0. The maximum Gasteiger partial charge on any atom is 2.00 e. The molecular formula is C24H30Ru+2. The fourth-order valence-corrected chi connectivity index (χ4v) is 5.55. The first-order valence-corrected chi connectivity index (χ1v) is 9.58. The Labute approximate surface area is 169 Å². The van der Waals surface area contributed by atoms with Gasteiger partial charge in [-0.15, -0.1) is 0 Å². The molecule has 0 spiro atoms. The first-order chi connectivity index (χ1) is 11.5. The van der Waals surface area contributed by atoms with Crippen molar-refractivity contribution in [3.8, 4) is 0 Å². The topological polar surface area (TPSA) is 0 Å². The third kappa shape index (κ3) is 3.34. The van der Waals surface area contributed by atoms with Crippen LogP contribution in [0.2, 0.25) is 0 Å². The van der Waals surface area contributed by atoms with Crippen molar-refractivity contribution in [1.82, 2.24) is 0 Å². The predicted octanol–water partition coefficient (Wildman–Crippen LogP) is 5.82. The smallest absolute Gasteiger partial charge is 0.0848 e. The van der Waals surface area contributed by atoms with Gasteiger partial charge < -0.3 is 0 Å². The minimum Gasteiger partial charge on any atom is -0.0848 e. The van der Waals surface area contributed by atoms with Crippen molar-refractivity contribution in [2.45, 2.75) is 47.5 Å². The van der Waals surface area contributed by atoms with E-state index < -0.39 is 0 Å². The summed E-state index contributed by atoms with van der Waals surface area (Å²) in [6.07, 6.45) is 16.9. The van der Waals surface area contributed by atoms with Crippen molar-refractivity contribution < 1.29 is 19.5 Å². The molecule has 0 aromatic rings. The molecule has 0 unspecified atom stereocenters. The van der Waals surface area contributed by atoms with Crippen LogP contribution < -0.4 is 0 Å². The monoisotopic (exact) mass is 420 g/mol. The fraction of sp³-hybridized carbons (Fsp3) is 0.500. The summed E-state index contributed by atoms with van der Waals surface area (Å²) in [5.74, 6) is 13.8. The summed E-state index contributed by atoms with van der Waals surface area (Å²) in [5.41, 5.74) is 0. The van der Waals surface area contributed by atoms with Crippen molar-refractivity contribution in [2.75, 3.05) is 0 Å². The van der Waals surface area contributed by atoms with Crippen molar-refractivity contribution in [1.29, 1.82) is 0 Å². The SMILES string of the molecule is C[C]1[C](C)[C](C)[C](C)[C]1C.[CH]1[CH][CH][C]([C@@H]2C[C@@H]3[C@H]2[C@H]2C=C[C@@H]3C2)[CH]1.[Ru+2]. The van der Waals surface area contributed by atoms with Gasteiger partial charge >= 0.3 is 19.5 Å². The summed E-state index contributed by atoms with van der Waals surface area (Å²) < 4.78 is 0. The van der Waals surface area contributed by atoms with Crippen LogP contribution in [0.5, 0.6) is 0 Å². The van der Waals surface area contributed by atoms with Gasteiger partial charge in [0.15, 0.2) is 0 Å². The summed E-state index contributed by atoms with van der Waals surface area (Å²) in [6, 6.07) is 0. The molecule has 0 N–H and O–H groups in total. The Morgan fingerprint density at radius 1 is 0.680 bits per heavy atom. The van der Waals surface area contributed by atoms with E-state index in [1.807, 2.05) is 0 Å². The molecule has 5 aliphatic rings. The molecule has 0 aromatic heterocycles. The van der Waals surface area contributed by atoms with Crippen molar-refractivity contribution in [2.24, 2.45) is 29.6 Å². The second-order valence-electron chi connectivity index (χ2n) is 8.37. The molecule has 0 aromatic carbocycles. The summed E-state index contributed by atoms with van der Waals surface area (Å²) >= 11 is 0. The maximum absolute atomic E-state index is 2.49. The molecule has 132 valence electrons. The van der Waals surface area contributed by atoms with E-state index in [1.54, 1.807) is 5.92 Å². The zero-order chi connectivity index (χ0) is 17.0. The van der Waals surface area contributed by atoms with E-state index in [-0.39, 0.29) is 19.5 Å². The number of allylic oxidation sites excluding steroid dienone is 2. The largest absolute Gasteiger partial charge is 2.00 e. The van der Waals surface area contributed by atoms with Crippen LogP contribution in [-0.2, 0) is 19.5 Å². The van der Waals surface area contributed by atoms with Crippen LogP contribution in [0.15, 0.2) is 12.2 Å². The Hall–Kier alpha value is 0.363. The second-order valence-corrected chi connectivity index (χ2v) is 8.37. The molecule has 0 amide bonds. The molecular weight excluding hydrogens is 389 g/mol. The van der Waals surface area contributed by atoms with Gasteiger partial charge in [-0.2, -0.15) is 0 Å². The van der Waals surface area contributed by atoms with E-state index in [0.29, 0.717) is 0 Å². The van der Waals surface area contributed by atoms with Crippen LogP contribution >= 0.6 is 0 Å². The molecule has 5 aliphatic carbocycles. The van der Waals surface area contributed by atoms with E-state index in [2.05, 4.69) is 72.5 Å². The van der Waals surface area contributed by atoms with E-state index in [1.165, 1.54) is 42.4 Å². The first-order valence-electron chi connectivity index (χ1n) is 9.58. The number of rotatable bonds is 1. The standard InChI is InChI=1S/C14H15.C10H15.Ru/c1-2-4-9(3-1)12-8-13-10-5-6-11(7-10)14(12)13;1-6-7(2)9(4)10(5)8(6)3;/h1-6,10-14H,7-8H2;1-5H3;/q;;+2/t10-,11+,12+,13+,14+;;/m1../s1. The first kappa shape index (κ1) is 20.1. The van der Waals surface area contributed by atoms with E-state index in [9.17, 15) is 0 Å². The minimum atomic E-state index is 0. The van der Waals surface area contributed by atoms with Crippen LogP contribution in [0, 0.1) is 90.8 Å². The van der Waals surface area contributed by atoms with Gasteiger partial charge in [-0.1, -0.05) is 46.8 Å². The zero-order valence-corrected chi connectivity index (χ0v) is 17.9. The number of hydrogen-bond acceptors (Lipinski definition) is 0. The Morgan fingerprint density at radius 2 is 1.16 bits per heavy atom. The van der Waals surface area contributed by atoms with Gasteiger partial charge in [-0.05, 0) is 104 Å². The average Bonchev–Trinajstić information content (AvgIpc) is 3.30. The van der Waals surface area contributed by atoms with Crippen LogP contribution in [0.3, 0.4) is 0 Å². The van der Waals surface area contributed by atoms with Gasteiger partial charge in [0, 0.05) is 0 Å². The summed E-state index contributed by atoms with van der Waals surface area (Å²) in [6.45, 7) is 11.0. The molecule has 0 saturated heterocycles. The van der Waals surface area contributed by atoms with Gasteiger partial charge in [-0.3, -0.25) is 0 Å². The van der Waals surface area contributed by atoms with Crippen molar-refractivity contribution >= 4 is 0 Å². The molecule has 5 atom stereocenters. The van der Waals surface area contributed by atoms with Crippen molar-refractivity contribution in [3.05, 3.63) is 73.3 Å². The second kappa shape index (κ2) is 7.77. The normalized spacial score (nSPS) is 42.2. The predicted molar refractivity (Wildman–Crippen MR) is 101 cm³/mol. The molecule has 0 heterocycles. The zero-order valence-electron chi connectivity index (χ0n) is 16.1. The Balaban J connectivity index is 0.000000149. The Morgan fingerprint density at radius 3 is 1.64 bits per heavy atom. The van der Waals surface area contributed by atoms with Gasteiger partial charge in [0.05, 0.1) is 0 Å². The molecule has 0 nitrogen and oxygen atoms in total. The van der Waals surface area contributed by atoms with Crippen LogP contribution in [-0.4, -0.2) is 0 Å². The molecule has 10 radical (unpaired) electrons. The van der Waals surface area contributed by atoms with Crippen molar-refractivity contribution in [3.63, 3.8) is 0 Å². The molecule has 5 rings (SSSR count). The van der Waals surface area contributed by atoms with Gasteiger partial charge in [0.1, 0.15) is 0 Å². The third-order valence-electron chi connectivity index (χ3n) is 7.61.